The average molecular weight is 183 g/mol. The lowest BCUT2D eigenvalue weighted by molar-refractivity contribution is 0.0105. The van der Waals surface area contributed by atoms with E-state index in [1.807, 2.05) is 6.08 Å². The fourth-order valence-corrected chi connectivity index (χ4v) is 1.00. The molecule has 0 aromatic carbocycles. The van der Waals surface area contributed by atoms with Gasteiger partial charge in [0.2, 0.25) is 0 Å². The molecular formula is C7H9ClF2O. The molecule has 0 fully saturated rings. The van der Waals surface area contributed by atoms with Crippen LogP contribution in [0.4, 0.5) is 8.78 Å². The second-order valence-corrected chi connectivity index (χ2v) is 3.02. The van der Waals surface area contributed by atoms with Gasteiger partial charge in [0.1, 0.15) is 0 Å². The molecule has 64 valence electrons. The van der Waals surface area contributed by atoms with E-state index in [9.17, 15) is 8.78 Å². The Morgan fingerprint density at radius 2 is 2.36 bits per heavy atom. The van der Waals surface area contributed by atoms with Crippen LogP contribution in [-0.4, -0.2) is 12.0 Å². The molecular weight excluding hydrogens is 174 g/mol. The largest absolute Gasteiger partial charge is 0.491 e. The quantitative estimate of drug-likeness (QED) is 0.610. The van der Waals surface area contributed by atoms with Gasteiger partial charge in [-0.3, -0.25) is 0 Å². The van der Waals surface area contributed by atoms with Crippen molar-refractivity contribution in [3.8, 4) is 0 Å². The molecule has 0 aromatic rings. The first-order chi connectivity index (χ1) is 5.08. The van der Waals surface area contributed by atoms with Crippen LogP contribution in [0, 0.1) is 0 Å². The fourth-order valence-electron chi connectivity index (χ4n) is 0.947. The second kappa shape index (κ2) is 3.39. The topological polar surface area (TPSA) is 9.23 Å². The van der Waals surface area contributed by atoms with E-state index >= 15 is 0 Å². The highest BCUT2D eigenvalue weighted by Gasteiger charge is 2.26. The van der Waals surface area contributed by atoms with Gasteiger partial charge >= 0.3 is 5.38 Å². The van der Waals surface area contributed by atoms with Gasteiger partial charge in [0.05, 0.1) is 5.76 Å². The molecule has 0 spiro atoms. The van der Waals surface area contributed by atoms with E-state index in [0.717, 1.165) is 19.3 Å². The van der Waals surface area contributed by atoms with E-state index < -0.39 is 12.0 Å². The zero-order valence-corrected chi connectivity index (χ0v) is 6.70. The van der Waals surface area contributed by atoms with Crippen LogP contribution < -0.4 is 0 Å². The molecule has 0 saturated carbocycles. The van der Waals surface area contributed by atoms with E-state index in [4.69, 9.17) is 4.74 Å². The monoisotopic (exact) mass is 182 g/mol. The smallest absolute Gasteiger partial charge is 0.355 e. The van der Waals surface area contributed by atoms with Gasteiger partial charge in [-0.15, -0.1) is 0 Å². The Bertz CT molecular complexity index is 162. The molecule has 0 unspecified atom stereocenters. The Balaban J connectivity index is 2.22. The molecule has 0 aromatic heterocycles. The number of halogens is 3. The highest BCUT2D eigenvalue weighted by molar-refractivity contribution is 6.21. The van der Waals surface area contributed by atoms with E-state index in [0.29, 0.717) is 5.76 Å². The highest BCUT2D eigenvalue weighted by atomic mass is 35.5. The van der Waals surface area contributed by atoms with Gasteiger partial charge in [-0.25, -0.2) is 0 Å². The summed E-state index contributed by atoms with van der Waals surface area (Å²) in [4.78, 5) is 0. The summed E-state index contributed by atoms with van der Waals surface area (Å²) >= 11 is 4.63. The van der Waals surface area contributed by atoms with Gasteiger partial charge < -0.3 is 4.74 Å². The van der Waals surface area contributed by atoms with Crippen molar-refractivity contribution in [2.24, 2.45) is 0 Å². The normalized spacial score (nSPS) is 18.3. The first kappa shape index (κ1) is 8.78. The minimum absolute atomic E-state index is 0.644. The third-order valence-corrected chi connectivity index (χ3v) is 1.53. The molecule has 1 rings (SSSR count). The Morgan fingerprint density at radius 3 is 2.82 bits per heavy atom. The summed E-state index contributed by atoms with van der Waals surface area (Å²) in [6, 6.07) is 0. The van der Waals surface area contributed by atoms with Crippen molar-refractivity contribution >= 4 is 11.6 Å². The van der Waals surface area contributed by atoms with Gasteiger partial charge in [0, 0.05) is 6.42 Å². The molecule has 0 radical (unpaired) electrons. The molecule has 4 heteroatoms. The van der Waals surface area contributed by atoms with Gasteiger partial charge in [0.25, 0.3) is 0 Å². The average Bonchev–Trinajstić information content (AvgIpc) is 2.32. The van der Waals surface area contributed by atoms with Crippen LogP contribution in [0.25, 0.3) is 0 Å². The van der Waals surface area contributed by atoms with Crippen molar-refractivity contribution in [3.05, 3.63) is 11.8 Å². The SMILES string of the molecule is FC(F)(Cl)COC1=CCCC1. The van der Waals surface area contributed by atoms with Crippen molar-refractivity contribution in [2.45, 2.75) is 24.6 Å². The molecule has 0 saturated heterocycles. The molecule has 0 bridgehead atoms. The van der Waals surface area contributed by atoms with Crippen molar-refractivity contribution in [3.63, 3.8) is 0 Å². The maximum Gasteiger partial charge on any atom is 0.355 e. The van der Waals surface area contributed by atoms with Crippen LogP contribution in [0.2, 0.25) is 0 Å². The maximum atomic E-state index is 12.0. The van der Waals surface area contributed by atoms with Gasteiger partial charge in [-0.1, -0.05) is 0 Å². The van der Waals surface area contributed by atoms with Crippen LogP contribution in [0.1, 0.15) is 19.3 Å². The van der Waals surface area contributed by atoms with E-state index in [1.54, 1.807) is 0 Å². The lowest BCUT2D eigenvalue weighted by atomic mass is 10.4. The van der Waals surface area contributed by atoms with Crippen LogP contribution in [0.5, 0.6) is 0 Å². The first-order valence-corrected chi connectivity index (χ1v) is 3.84. The van der Waals surface area contributed by atoms with E-state index in [1.165, 1.54) is 0 Å². The molecule has 0 heterocycles. The van der Waals surface area contributed by atoms with Crippen molar-refractivity contribution < 1.29 is 13.5 Å². The van der Waals surface area contributed by atoms with E-state index in [2.05, 4.69) is 11.6 Å². The molecule has 1 aliphatic rings. The number of alkyl halides is 3. The predicted molar refractivity (Wildman–Crippen MR) is 38.7 cm³/mol. The third kappa shape index (κ3) is 3.56. The zero-order valence-electron chi connectivity index (χ0n) is 5.95. The summed E-state index contributed by atoms with van der Waals surface area (Å²) in [7, 11) is 0. The number of hydrogen-bond donors (Lipinski definition) is 0. The highest BCUT2D eigenvalue weighted by Crippen LogP contribution is 2.24. The summed E-state index contributed by atoms with van der Waals surface area (Å²) in [5.74, 6) is 0.644. The molecule has 0 amide bonds. The summed E-state index contributed by atoms with van der Waals surface area (Å²) < 4.78 is 28.7. The molecule has 0 aliphatic heterocycles. The van der Waals surface area contributed by atoms with E-state index in [-0.39, 0.29) is 0 Å². The molecule has 0 atom stereocenters. The van der Waals surface area contributed by atoms with Gasteiger partial charge in [0.15, 0.2) is 6.61 Å². The Kier molecular flexibility index (Phi) is 2.71. The minimum Gasteiger partial charge on any atom is -0.491 e. The summed E-state index contributed by atoms with van der Waals surface area (Å²) in [6.45, 7) is -0.722. The first-order valence-electron chi connectivity index (χ1n) is 3.46. The van der Waals surface area contributed by atoms with Crippen molar-refractivity contribution in [1.82, 2.24) is 0 Å². The predicted octanol–water partition coefficient (Wildman–Crippen LogP) is 2.90. The molecule has 11 heavy (non-hydrogen) atoms. The van der Waals surface area contributed by atoms with Crippen LogP contribution in [0.15, 0.2) is 11.8 Å². The summed E-state index contributed by atoms with van der Waals surface area (Å²) in [5, 5.41) is -3.23. The maximum absolute atomic E-state index is 12.0. The van der Waals surface area contributed by atoms with Crippen molar-refractivity contribution in [1.29, 1.82) is 0 Å². The molecule has 1 nitrogen and oxygen atoms in total. The Labute approximate surface area is 69.0 Å². The molecule has 1 aliphatic carbocycles. The number of allylic oxidation sites excluding steroid dienone is 2. The minimum atomic E-state index is -3.23. The number of ether oxygens (including phenoxy) is 1. The fraction of sp³-hybridized carbons (Fsp3) is 0.714. The summed E-state index contributed by atoms with van der Waals surface area (Å²) in [5.41, 5.74) is 0. The lowest BCUT2D eigenvalue weighted by Crippen LogP contribution is -2.14. The number of hydrogen-bond acceptors (Lipinski definition) is 1. The van der Waals surface area contributed by atoms with Gasteiger partial charge in [-0.2, -0.15) is 8.78 Å². The van der Waals surface area contributed by atoms with Crippen LogP contribution >= 0.6 is 11.6 Å². The van der Waals surface area contributed by atoms with Gasteiger partial charge in [-0.05, 0) is 30.5 Å². The van der Waals surface area contributed by atoms with Crippen LogP contribution in [0.3, 0.4) is 0 Å². The third-order valence-electron chi connectivity index (χ3n) is 1.42. The van der Waals surface area contributed by atoms with Crippen LogP contribution in [-0.2, 0) is 4.74 Å². The number of rotatable bonds is 3. The lowest BCUT2D eigenvalue weighted by Gasteiger charge is -2.10. The zero-order chi connectivity index (χ0) is 8.32. The summed E-state index contributed by atoms with van der Waals surface area (Å²) in [6.07, 6.45) is 4.49. The Hall–Kier alpha value is -0.310. The Morgan fingerprint density at radius 1 is 1.64 bits per heavy atom. The molecule has 0 N–H and O–H groups in total. The second-order valence-electron chi connectivity index (χ2n) is 2.47. The van der Waals surface area contributed by atoms with Crippen molar-refractivity contribution in [2.75, 3.05) is 6.61 Å². The standard InChI is InChI=1S/C7H9ClF2O/c8-7(9,10)5-11-6-3-1-2-4-6/h3H,1-2,4-5H2.